The van der Waals surface area contributed by atoms with Gasteiger partial charge in [-0.3, -0.25) is 4.79 Å². The number of benzene rings is 2. The molecule has 0 aliphatic rings. The van der Waals surface area contributed by atoms with Crippen molar-refractivity contribution in [2.45, 2.75) is 13.1 Å². The van der Waals surface area contributed by atoms with Gasteiger partial charge < -0.3 is 14.6 Å². The van der Waals surface area contributed by atoms with Gasteiger partial charge in [-0.25, -0.2) is 9.37 Å². The van der Waals surface area contributed by atoms with E-state index in [0.29, 0.717) is 11.3 Å². The van der Waals surface area contributed by atoms with Crippen LogP contribution in [-0.4, -0.2) is 29.1 Å². The molecule has 0 bridgehead atoms. The number of methoxy groups -OCH3 is 1. The van der Waals surface area contributed by atoms with E-state index in [-0.39, 0.29) is 12.5 Å². The Bertz CT molecular complexity index is 967. The molecule has 28 heavy (non-hydrogen) atoms. The van der Waals surface area contributed by atoms with Crippen molar-refractivity contribution < 1.29 is 13.9 Å². The number of imidazole rings is 1. The Morgan fingerprint density at radius 2 is 2.07 bits per heavy atom. The molecule has 0 saturated carbocycles. The molecule has 0 saturated heterocycles. The summed E-state index contributed by atoms with van der Waals surface area (Å²) in [5.41, 5.74) is 3.10. The largest absolute Gasteiger partial charge is 0.495 e. The minimum Gasteiger partial charge on any atom is -0.495 e. The fourth-order valence-corrected chi connectivity index (χ4v) is 2.76. The fraction of sp³-hybridized carbons (Fsp3) is 0.182. The molecule has 0 spiro atoms. The second-order valence-corrected chi connectivity index (χ2v) is 6.31. The molecule has 0 aliphatic carbocycles. The van der Waals surface area contributed by atoms with E-state index in [9.17, 15) is 9.18 Å². The third-order valence-electron chi connectivity index (χ3n) is 4.24. The minimum atomic E-state index is -1.24. The Balaban J connectivity index is 1.62. The van der Waals surface area contributed by atoms with Crippen molar-refractivity contribution in [3.8, 4) is 11.4 Å². The van der Waals surface area contributed by atoms with Crippen LogP contribution in [0.15, 0.2) is 67.1 Å². The molecule has 0 radical (unpaired) electrons. The summed E-state index contributed by atoms with van der Waals surface area (Å²) in [5.74, 6) is 0.305. The summed E-state index contributed by atoms with van der Waals surface area (Å²) in [5, 5.41) is 2.58. The van der Waals surface area contributed by atoms with Crippen LogP contribution in [0.3, 0.4) is 0 Å². The lowest BCUT2D eigenvalue weighted by Gasteiger charge is -2.10. The summed E-state index contributed by atoms with van der Waals surface area (Å²) in [7, 11) is 1.59. The fourth-order valence-electron chi connectivity index (χ4n) is 2.76. The molecule has 5 nitrogen and oxygen atoms in total. The molecule has 144 valence electrons. The molecular formula is C22H22FN3O2. The normalized spacial score (nSPS) is 12.1. The monoisotopic (exact) mass is 379 g/mol. The van der Waals surface area contributed by atoms with Gasteiger partial charge in [-0.15, -0.1) is 0 Å². The lowest BCUT2D eigenvalue weighted by Crippen LogP contribution is -2.25. The van der Waals surface area contributed by atoms with Crippen molar-refractivity contribution in [3.63, 3.8) is 0 Å². The maximum atomic E-state index is 14.1. The molecule has 3 rings (SSSR count). The number of aromatic nitrogens is 2. The van der Waals surface area contributed by atoms with Crippen LogP contribution in [0.25, 0.3) is 11.8 Å². The number of halogens is 1. The van der Waals surface area contributed by atoms with E-state index >= 15 is 0 Å². The molecular weight excluding hydrogens is 357 g/mol. The highest BCUT2D eigenvalue weighted by Gasteiger charge is 2.10. The molecule has 1 amide bonds. The quantitative estimate of drug-likeness (QED) is 0.631. The molecule has 0 fully saturated rings. The Labute approximate surface area is 163 Å². The Morgan fingerprint density at radius 3 is 2.75 bits per heavy atom. The number of aryl methyl sites for hydroxylation is 1. The SMILES string of the molecule is COc1cc(/C=C/C(=O)NC[C@H](F)c2ccccc2)ccc1-n1cnc(C)c1. The van der Waals surface area contributed by atoms with Gasteiger partial charge >= 0.3 is 0 Å². The van der Waals surface area contributed by atoms with E-state index in [0.717, 1.165) is 16.9 Å². The zero-order chi connectivity index (χ0) is 19.9. The zero-order valence-electron chi connectivity index (χ0n) is 15.8. The third-order valence-corrected chi connectivity index (χ3v) is 4.24. The molecule has 2 aromatic carbocycles. The van der Waals surface area contributed by atoms with Crippen molar-refractivity contribution in [1.29, 1.82) is 0 Å². The number of hydrogen-bond donors (Lipinski definition) is 1. The first-order chi connectivity index (χ1) is 13.6. The molecule has 1 N–H and O–H groups in total. The maximum absolute atomic E-state index is 14.1. The predicted octanol–water partition coefficient (Wildman–Crippen LogP) is 4.03. The van der Waals surface area contributed by atoms with Gasteiger partial charge in [-0.2, -0.15) is 0 Å². The number of amides is 1. The van der Waals surface area contributed by atoms with Crippen LogP contribution in [0.1, 0.15) is 23.0 Å². The van der Waals surface area contributed by atoms with Crippen LogP contribution in [0, 0.1) is 6.92 Å². The summed E-state index contributed by atoms with van der Waals surface area (Å²) in [6.45, 7) is 1.84. The van der Waals surface area contributed by atoms with Crippen molar-refractivity contribution >= 4 is 12.0 Å². The number of rotatable bonds is 7. The minimum absolute atomic E-state index is 0.0740. The van der Waals surface area contributed by atoms with Crippen molar-refractivity contribution in [3.05, 3.63) is 84.0 Å². The number of alkyl halides is 1. The van der Waals surface area contributed by atoms with Crippen LogP contribution in [-0.2, 0) is 4.79 Å². The number of carbonyl (C=O) groups is 1. The summed E-state index contributed by atoms with van der Waals surface area (Å²) in [6, 6.07) is 14.4. The number of nitrogens with one attached hydrogen (secondary N) is 1. The van der Waals surface area contributed by atoms with E-state index in [2.05, 4.69) is 10.3 Å². The van der Waals surface area contributed by atoms with Gasteiger partial charge in [-0.1, -0.05) is 36.4 Å². The second-order valence-electron chi connectivity index (χ2n) is 6.31. The van der Waals surface area contributed by atoms with Gasteiger partial charge in [0, 0.05) is 12.3 Å². The molecule has 3 aromatic rings. The van der Waals surface area contributed by atoms with Crippen LogP contribution < -0.4 is 10.1 Å². The maximum Gasteiger partial charge on any atom is 0.244 e. The average molecular weight is 379 g/mol. The molecule has 0 unspecified atom stereocenters. The van der Waals surface area contributed by atoms with Gasteiger partial charge in [-0.05, 0) is 36.3 Å². The summed E-state index contributed by atoms with van der Waals surface area (Å²) in [6.07, 6.45) is 5.43. The first-order valence-corrected chi connectivity index (χ1v) is 8.91. The second kappa shape index (κ2) is 8.99. The van der Waals surface area contributed by atoms with Crippen molar-refractivity contribution in [2.24, 2.45) is 0 Å². The van der Waals surface area contributed by atoms with E-state index in [1.54, 1.807) is 43.8 Å². The lowest BCUT2D eigenvalue weighted by molar-refractivity contribution is -0.116. The summed E-state index contributed by atoms with van der Waals surface area (Å²) < 4.78 is 21.4. The van der Waals surface area contributed by atoms with Crippen molar-refractivity contribution in [1.82, 2.24) is 14.9 Å². The predicted molar refractivity (Wildman–Crippen MR) is 107 cm³/mol. The lowest BCUT2D eigenvalue weighted by atomic mass is 10.1. The van der Waals surface area contributed by atoms with Gasteiger partial charge in [0.15, 0.2) is 0 Å². The molecule has 6 heteroatoms. The molecule has 1 aromatic heterocycles. The molecule has 1 atom stereocenters. The number of hydrogen-bond acceptors (Lipinski definition) is 3. The topological polar surface area (TPSA) is 56.1 Å². The van der Waals surface area contributed by atoms with Crippen LogP contribution in [0.2, 0.25) is 0 Å². The zero-order valence-corrected chi connectivity index (χ0v) is 15.8. The number of carbonyl (C=O) groups excluding carboxylic acids is 1. The molecule has 1 heterocycles. The highest BCUT2D eigenvalue weighted by Crippen LogP contribution is 2.25. The summed E-state index contributed by atoms with van der Waals surface area (Å²) >= 11 is 0. The third kappa shape index (κ3) is 4.85. The van der Waals surface area contributed by atoms with Crippen molar-refractivity contribution in [2.75, 3.05) is 13.7 Å². The van der Waals surface area contributed by atoms with E-state index < -0.39 is 6.17 Å². The first kappa shape index (κ1) is 19.4. The van der Waals surface area contributed by atoms with Gasteiger partial charge in [0.05, 0.1) is 31.4 Å². The highest BCUT2D eigenvalue weighted by molar-refractivity contribution is 5.91. The Hall–Kier alpha value is -3.41. The van der Waals surface area contributed by atoms with E-state index in [4.69, 9.17) is 4.74 Å². The smallest absolute Gasteiger partial charge is 0.244 e. The Kier molecular flexibility index (Phi) is 6.22. The number of nitrogens with zero attached hydrogens (tertiary/aromatic N) is 2. The number of ether oxygens (including phenoxy) is 1. The van der Waals surface area contributed by atoms with Crippen LogP contribution in [0.4, 0.5) is 4.39 Å². The average Bonchev–Trinajstić information content (AvgIpc) is 3.16. The highest BCUT2D eigenvalue weighted by atomic mass is 19.1. The van der Waals surface area contributed by atoms with Crippen LogP contribution >= 0.6 is 0 Å². The standard InChI is InChI=1S/C22H22FN3O2/c1-16-14-26(15-25-16)20-10-8-17(12-21(20)28-2)9-11-22(27)24-13-19(23)18-6-4-3-5-7-18/h3-12,14-15,19H,13H2,1-2H3,(H,24,27)/b11-9+/t19-/m0/s1. The van der Waals surface area contributed by atoms with Gasteiger partial charge in [0.1, 0.15) is 11.9 Å². The van der Waals surface area contributed by atoms with Gasteiger partial charge in [0.2, 0.25) is 5.91 Å². The molecule has 0 aliphatic heterocycles. The Morgan fingerprint density at radius 1 is 1.29 bits per heavy atom. The first-order valence-electron chi connectivity index (χ1n) is 8.91. The van der Waals surface area contributed by atoms with E-state index in [1.165, 1.54) is 6.08 Å². The van der Waals surface area contributed by atoms with Gasteiger partial charge in [0.25, 0.3) is 0 Å². The van der Waals surface area contributed by atoms with Crippen LogP contribution in [0.5, 0.6) is 5.75 Å². The van der Waals surface area contributed by atoms with E-state index in [1.807, 2.05) is 42.0 Å². The summed E-state index contributed by atoms with van der Waals surface area (Å²) in [4.78, 5) is 16.2.